The Balaban J connectivity index is 3.58. The van der Waals surface area contributed by atoms with Crippen molar-refractivity contribution < 1.29 is 89.3 Å². The van der Waals surface area contributed by atoms with Gasteiger partial charge in [0.05, 0.1) is 18.3 Å². The third-order valence-electron chi connectivity index (χ3n) is 5.05. The van der Waals surface area contributed by atoms with Gasteiger partial charge in [0.1, 0.15) is 0 Å². The second-order valence-electron chi connectivity index (χ2n) is 7.68. The Morgan fingerprint density at radius 2 is 1.08 bits per heavy atom. The Labute approximate surface area is 205 Å². The van der Waals surface area contributed by atoms with Crippen molar-refractivity contribution in [3.63, 3.8) is 0 Å². The van der Waals surface area contributed by atoms with E-state index in [1.165, 1.54) is 6.92 Å². The molecule has 0 aliphatic carbocycles. The van der Waals surface area contributed by atoms with E-state index in [4.69, 9.17) is 0 Å². The van der Waals surface area contributed by atoms with E-state index in [-0.39, 0.29) is 0 Å². The van der Waals surface area contributed by atoms with Crippen LogP contribution in [0.15, 0.2) is 24.3 Å². The summed E-state index contributed by atoms with van der Waals surface area (Å²) in [4.78, 5) is 11.8. The number of halogens is 17. The molecule has 1 unspecified atom stereocenters. The average Bonchev–Trinajstić information content (AvgIpc) is 2.77. The molecule has 0 fully saturated rings. The molecule has 226 valence electrons. The number of carbonyl (C=O) groups excluding carboxylic acids is 1. The zero-order chi connectivity index (χ0) is 31.3. The van der Waals surface area contributed by atoms with Crippen molar-refractivity contribution in [2.24, 2.45) is 0 Å². The normalized spacial score (nSPS) is 15.8. The fraction of sp³-hybridized carbons (Fsp3) is 0.632. The standard InChI is InChI=1S/C19H13F17O3/c1-2-39-11(38)9-6-4-3-5-8(9)10(37)7-12(20,21)13(22,23)14(24,25)15(26,27)16(28,29)17(30,31)18(32,33)19(34,35)36/h3-6,10,37H,2,7H2,1H3. The summed E-state index contributed by atoms with van der Waals surface area (Å²) in [6.07, 6.45) is -14.1. The van der Waals surface area contributed by atoms with Crippen LogP contribution < -0.4 is 0 Å². The molecule has 1 atom stereocenters. The Bertz CT molecular complexity index is 1030. The number of alkyl halides is 17. The molecule has 0 heterocycles. The molecular weight excluding hydrogens is 599 g/mol. The number of rotatable bonds is 11. The molecule has 0 saturated carbocycles. The summed E-state index contributed by atoms with van der Waals surface area (Å²) < 4.78 is 231. The van der Waals surface area contributed by atoms with Crippen LogP contribution in [-0.2, 0) is 4.74 Å². The molecule has 1 N–H and O–H groups in total. The van der Waals surface area contributed by atoms with Gasteiger partial charge >= 0.3 is 53.6 Å². The number of hydrogen-bond acceptors (Lipinski definition) is 3. The van der Waals surface area contributed by atoms with E-state index < -0.39 is 83.9 Å². The molecular formula is C19H13F17O3. The van der Waals surface area contributed by atoms with Crippen LogP contribution in [0.3, 0.4) is 0 Å². The largest absolute Gasteiger partial charge is 0.462 e. The predicted octanol–water partition coefficient (Wildman–Crippen LogP) is 7.30. The number of aliphatic hydroxyl groups excluding tert-OH is 1. The van der Waals surface area contributed by atoms with E-state index in [1.807, 2.05) is 0 Å². The Morgan fingerprint density at radius 3 is 1.49 bits per heavy atom. The zero-order valence-corrected chi connectivity index (χ0v) is 18.5. The van der Waals surface area contributed by atoms with Gasteiger partial charge in [0, 0.05) is 6.42 Å². The Morgan fingerprint density at radius 1 is 0.692 bits per heavy atom. The third-order valence-corrected chi connectivity index (χ3v) is 5.05. The minimum absolute atomic E-state index is 0.398. The highest BCUT2D eigenvalue weighted by Crippen LogP contribution is 2.64. The smallest absolute Gasteiger partial charge is 0.460 e. The summed E-state index contributed by atoms with van der Waals surface area (Å²) in [6.45, 7) is 0.808. The van der Waals surface area contributed by atoms with Crippen LogP contribution in [0.25, 0.3) is 0 Å². The molecule has 20 heteroatoms. The van der Waals surface area contributed by atoms with E-state index in [0.29, 0.717) is 12.1 Å². The summed E-state index contributed by atoms with van der Waals surface area (Å²) in [6, 6.07) is 3.05. The first-order valence-electron chi connectivity index (χ1n) is 9.75. The summed E-state index contributed by atoms with van der Waals surface area (Å²) >= 11 is 0. The molecule has 0 saturated heterocycles. The van der Waals surface area contributed by atoms with E-state index in [0.717, 1.165) is 12.1 Å². The fourth-order valence-electron chi connectivity index (χ4n) is 2.86. The molecule has 39 heavy (non-hydrogen) atoms. The molecule has 0 aliphatic rings. The van der Waals surface area contributed by atoms with Crippen LogP contribution in [0.1, 0.15) is 35.4 Å². The third kappa shape index (κ3) is 5.19. The van der Waals surface area contributed by atoms with Gasteiger partial charge in [-0.15, -0.1) is 0 Å². The number of hydrogen-bond donors (Lipinski definition) is 1. The molecule has 1 aromatic rings. The first-order valence-corrected chi connectivity index (χ1v) is 9.75. The van der Waals surface area contributed by atoms with Gasteiger partial charge in [-0.25, -0.2) is 4.79 Å². The maximum atomic E-state index is 14.2. The van der Waals surface area contributed by atoms with Gasteiger partial charge in [-0.1, -0.05) is 18.2 Å². The van der Waals surface area contributed by atoms with Crippen molar-refractivity contribution in [1.29, 1.82) is 0 Å². The number of ether oxygens (including phenoxy) is 1. The molecule has 0 radical (unpaired) electrons. The van der Waals surface area contributed by atoms with Crippen LogP contribution in [-0.4, -0.2) is 65.3 Å². The van der Waals surface area contributed by atoms with Gasteiger partial charge in [0.2, 0.25) is 0 Å². The fourth-order valence-corrected chi connectivity index (χ4v) is 2.86. The lowest BCUT2D eigenvalue weighted by Gasteiger charge is -2.43. The van der Waals surface area contributed by atoms with Crippen molar-refractivity contribution in [3.8, 4) is 0 Å². The molecule has 0 amide bonds. The summed E-state index contributed by atoms with van der Waals surface area (Å²) in [5.74, 6) is -58.9. The summed E-state index contributed by atoms with van der Waals surface area (Å²) in [5, 5.41) is 9.83. The molecule has 1 rings (SSSR count). The maximum absolute atomic E-state index is 14.2. The van der Waals surface area contributed by atoms with Crippen LogP contribution in [0.2, 0.25) is 0 Å². The molecule has 0 bridgehead atoms. The second kappa shape index (κ2) is 10.1. The van der Waals surface area contributed by atoms with Crippen molar-refractivity contribution in [2.75, 3.05) is 6.61 Å². The van der Waals surface area contributed by atoms with Crippen molar-refractivity contribution in [2.45, 2.75) is 67.1 Å². The van der Waals surface area contributed by atoms with E-state index >= 15 is 0 Å². The van der Waals surface area contributed by atoms with Crippen molar-refractivity contribution in [1.82, 2.24) is 0 Å². The minimum atomic E-state index is -8.74. The van der Waals surface area contributed by atoms with Gasteiger partial charge < -0.3 is 9.84 Å². The quantitative estimate of drug-likeness (QED) is 0.211. The van der Waals surface area contributed by atoms with E-state index in [2.05, 4.69) is 4.74 Å². The summed E-state index contributed by atoms with van der Waals surface area (Å²) in [7, 11) is 0. The minimum Gasteiger partial charge on any atom is -0.462 e. The lowest BCUT2D eigenvalue weighted by Crippen LogP contribution is -2.74. The topological polar surface area (TPSA) is 46.5 Å². The monoisotopic (exact) mass is 612 g/mol. The molecule has 0 aliphatic heterocycles. The Hall–Kier alpha value is -2.54. The van der Waals surface area contributed by atoms with Crippen LogP contribution in [0, 0.1) is 0 Å². The number of carbonyl (C=O) groups is 1. The molecule has 0 spiro atoms. The first kappa shape index (κ1) is 34.5. The van der Waals surface area contributed by atoms with Crippen LogP contribution >= 0.6 is 0 Å². The molecule has 3 nitrogen and oxygen atoms in total. The highest BCUT2D eigenvalue weighted by Gasteiger charge is 2.95. The first-order chi connectivity index (χ1) is 17.1. The summed E-state index contributed by atoms with van der Waals surface area (Å²) in [5.41, 5.74) is -1.97. The van der Waals surface area contributed by atoms with Gasteiger partial charge in [0.15, 0.2) is 0 Å². The van der Waals surface area contributed by atoms with E-state index in [1.54, 1.807) is 0 Å². The second-order valence-corrected chi connectivity index (χ2v) is 7.68. The van der Waals surface area contributed by atoms with E-state index in [9.17, 15) is 84.5 Å². The maximum Gasteiger partial charge on any atom is 0.460 e. The van der Waals surface area contributed by atoms with Crippen molar-refractivity contribution >= 4 is 5.97 Å². The molecule has 1 aromatic carbocycles. The van der Waals surface area contributed by atoms with Gasteiger partial charge in [-0.3, -0.25) is 0 Å². The number of benzene rings is 1. The van der Waals surface area contributed by atoms with Gasteiger partial charge in [-0.05, 0) is 18.6 Å². The average molecular weight is 612 g/mol. The van der Waals surface area contributed by atoms with Crippen LogP contribution in [0.4, 0.5) is 74.6 Å². The zero-order valence-electron chi connectivity index (χ0n) is 18.5. The van der Waals surface area contributed by atoms with Gasteiger partial charge in [-0.2, -0.15) is 74.6 Å². The number of aliphatic hydroxyl groups is 1. The SMILES string of the molecule is CCOC(=O)c1ccccc1C(O)CC(F)(F)C(F)(F)C(F)(F)C(F)(F)C(F)(F)C(F)(F)C(F)(F)C(F)(F)F. The predicted molar refractivity (Wildman–Crippen MR) is 92.7 cm³/mol. The highest BCUT2D eigenvalue weighted by molar-refractivity contribution is 5.91. The lowest BCUT2D eigenvalue weighted by molar-refractivity contribution is -0.462. The Kier molecular flexibility index (Phi) is 8.96. The number of esters is 1. The van der Waals surface area contributed by atoms with Crippen LogP contribution in [0.5, 0.6) is 0 Å². The van der Waals surface area contributed by atoms with Gasteiger partial charge in [0.25, 0.3) is 0 Å². The molecule has 0 aromatic heterocycles. The van der Waals surface area contributed by atoms with Crippen molar-refractivity contribution in [3.05, 3.63) is 35.4 Å². The lowest BCUT2D eigenvalue weighted by atomic mass is 9.86. The highest BCUT2D eigenvalue weighted by atomic mass is 19.4.